The molecule has 114 valence electrons. The highest BCUT2D eigenvalue weighted by Crippen LogP contribution is 2.45. The SMILES string of the molecule is COc1cc([C@@H](N)[C@@H](O)C2CCC2)c(Br)c(Br)c1O.Cl. The van der Waals surface area contributed by atoms with Crippen LogP contribution in [-0.2, 0) is 0 Å². The van der Waals surface area contributed by atoms with Gasteiger partial charge in [-0.3, -0.25) is 0 Å². The number of aromatic hydroxyl groups is 1. The molecular formula is C13H18Br2ClNO3. The maximum atomic E-state index is 10.3. The number of nitrogens with two attached hydrogens (primary N) is 1. The van der Waals surface area contributed by atoms with Crippen LogP contribution in [-0.4, -0.2) is 23.4 Å². The molecule has 0 radical (unpaired) electrons. The maximum Gasteiger partial charge on any atom is 0.173 e. The van der Waals surface area contributed by atoms with Crippen LogP contribution in [0.15, 0.2) is 15.0 Å². The second-order valence-electron chi connectivity index (χ2n) is 4.85. The Balaban J connectivity index is 0.00000200. The summed E-state index contributed by atoms with van der Waals surface area (Å²) in [5.74, 6) is 0.616. The molecular weight excluding hydrogens is 413 g/mol. The number of rotatable bonds is 4. The predicted octanol–water partition coefficient (Wildman–Crippen LogP) is 3.51. The lowest BCUT2D eigenvalue weighted by atomic mass is 9.77. The zero-order valence-electron chi connectivity index (χ0n) is 11.0. The summed E-state index contributed by atoms with van der Waals surface area (Å²) in [4.78, 5) is 0. The molecule has 1 aliphatic rings. The lowest BCUT2D eigenvalue weighted by molar-refractivity contribution is 0.0411. The van der Waals surface area contributed by atoms with Gasteiger partial charge >= 0.3 is 0 Å². The van der Waals surface area contributed by atoms with Crippen molar-refractivity contribution in [2.45, 2.75) is 31.4 Å². The summed E-state index contributed by atoms with van der Waals surface area (Å²) in [5, 5.41) is 20.2. The average molecular weight is 432 g/mol. The lowest BCUT2D eigenvalue weighted by Gasteiger charge is -2.34. The van der Waals surface area contributed by atoms with E-state index in [9.17, 15) is 10.2 Å². The molecule has 0 saturated heterocycles. The molecule has 1 saturated carbocycles. The fraction of sp³-hybridized carbons (Fsp3) is 0.538. The maximum absolute atomic E-state index is 10.3. The van der Waals surface area contributed by atoms with E-state index in [1.807, 2.05) is 0 Å². The van der Waals surface area contributed by atoms with Crippen molar-refractivity contribution >= 4 is 44.3 Å². The smallest absolute Gasteiger partial charge is 0.173 e. The first-order valence-corrected chi connectivity index (χ1v) is 7.74. The molecule has 0 heterocycles. The molecule has 0 aliphatic heterocycles. The van der Waals surface area contributed by atoms with Crippen molar-refractivity contribution in [2.24, 2.45) is 11.7 Å². The number of halogens is 3. The molecule has 7 heteroatoms. The molecule has 0 aromatic heterocycles. The number of ether oxygens (including phenoxy) is 1. The minimum Gasteiger partial charge on any atom is -0.503 e. The van der Waals surface area contributed by atoms with E-state index in [2.05, 4.69) is 31.9 Å². The highest BCUT2D eigenvalue weighted by molar-refractivity contribution is 9.13. The van der Waals surface area contributed by atoms with Crippen LogP contribution < -0.4 is 10.5 Å². The molecule has 20 heavy (non-hydrogen) atoms. The van der Waals surface area contributed by atoms with Gasteiger partial charge in [-0.25, -0.2) is 0 Å². The number of aliphatic hydroxyl groups is 1. The third-order valence-corrected chi connectivity index (χ3v) is 5.91. The molecule has 0 bridgehead atoms. The number of aliphatic hydroxyl groups excluding tert-OH is 1. The second kappa shape index (κ2) is 7.31. The summed E-state index contributed by atoms with van der Waals surface area (Å²) in [6, 6.07) is 1.15. The average Bonchev–Trinajstić information content (AvgIpc) is 2.33. The van der Waals surface area contributed by atoms with Gasteiger partial charge in [-0.1, -0.05) is 6.42 Å². The van der Waals surface area contributed by atoms with Gasteiger partial charge in [-0.2, -0.15) is 0 Å². The third-order valence-electron chi connectivity index (χ3n) is 3.75. The second-order valence-corrected chi connectivity index (χ2v) is 6.44. The lowest BCUT2D eigenvalue weighted by Crippen LogP contribution is -2.36. The van der Waals surface area contributed by atoms with E-state index < -0.39 is 12.1 Å². The Hall–Kier alpha value is -0.0100. The molecule has 1 aromatic carbocycles. The van der Waals surface area contributed by atoms with Gasteiger partial charge < -0.3 is 20.7 Å². The van der Waals surface area contributed by atoms with E-state index in [0.717, 1.165) is 24.8 Å². The highest BCUT2D eigenvalue weighted by atomic mass is 79.9. The number of hydrogen-bond acceptors (Lipinski definition) is 4. The summed E-state index contributed by atoms with van der Waals surface area (Å²) in [6.45, 7) is 0. The van der Waals surface area contributed by atoms with Gasteiger partial charge in [0.05, 0.1) is 23.7 Å². The first-order valence-electron chi connectivity index (χ1n) is 6.15. The van der Waals surface area contributed by atoms with Crippen LogP contribution in [0.25, 0.3) is 0 Å². The van der Waals surface area contributed by atoms with Crippen LogP contribution in [0.4, 0.5) is 0 Å². The van der Waals surface area contributed by atoms with Gasteiger partial charge in [0.25, 0.3) is 0 Å². The van der Waals surface area contributed by atoms with Gasteiger partial charge in [-0.05, 0) is 62.2 Å². The largest absolute Gasteiger partial charge is 0.503 e. The zero-order valence-corrected chi connectivity index (χ0v) is 15.0. The normalized spacial score (nSPS) is 17.9. The number of methoxy groups -OCH3 is 1. The summed E-state index contributed by atoms with van der Waals surface area (Å²) in [6.07, 6.45) is 2.61. The van der Waals surface area contributed by atoms with E-state index in [1.54, 1.807) is 6.07 Å². The molecule has 4 nitrogen and oxygen atoms in total. The zero-order chi connectivity index (χ0) is 14.2. The quantitative estimate of drug-likeness (QED) is 0.682. The molecule has 2 atom stereocenters. The van der Waals surface area contributed by atoms with Crippen LogP contribution in [0.3, 0.4) is 0 Å². The third kappa shape index (κ3) is 3.25. The Morgan fingerprint density at radius 2 is 1.95 bits per heavy atom. The van der Waals surface area contributed by atoms with Crippen LogP contribution in [0.2, 0.25) is 0 Å². The Kier molecular flexibility index (Phi) is 6.60. The van der Waals surface area contributed by atoms with Gasteiger partial charge in [-0.15, -0.1) is 12.4 Å². The molecule has 0 amide bonds. The van der Waals surface area contributed by atoms with Crippen molar-refractivity contribution in [3.8, 4) is 11.5 Å². The van der Waals surface area contributed by atoms with Gasteiger partial charge in [0.1, 0.15) is 0 Å². The van der Waals surface area contributed by atoms with E-state index in [0.29, 0.717) is 14.7 Å². The fourth-order valence-electron chi connectivity index (χ4n) is 2.27. The van der Waals surface area contributed by atoms with Crippen LogP contribution >= 0.6 is 44.3 Å². The molecule has 1 aliphatic carbocycles. The Labute approximate surface area is 141 Å². The monoisotopic (exact) mass is 429 g/mol. The summed E-state index contributed by atoms with van der Waals surface area (Å²) >= 11 is 6.69. The van der Waals surface area contributed by atoms with Crippen LogP contribution in [0.5, 0.6) is 11.5 Å². The topological polar surface area (TPSA) is 75.7 Å². The van der Waals surface area contributed by atoms with Crippen LogP contribution in [0.1, 0.15) is 30.9 Å². The first kappa shape index (κ1) is 18.0. The van der Waals surface area contributed by atoms with Crippen molar-refractivity contribution in [1.29, 1.82) is 0 Å². The van der Waals surface area contributed by atoms with E-state index in [-0.39, 0.29) is 24.1 Å². The number of hydrogen-bond donors (Lipinski definition) is 3. The molecule has 4 N–H and O–H groups in total. The number of benzene rings is 1. The van der Waals surface area contributed by atoms with Crippen LogP contribution in [0, 0.1) is 5.92 Å². The first-order chi connectivity index (χ1) is 8.97. The summed E-state index contributed by atoms with van der Waals surface area (Å²) < 4.78 is 6.25. The van der Waals surface area contributed by atoms with Gasteiger partial charge in [0.2, 0.25) is 0 Å². The summed E-state index contributed by atoms with van der Waals surface area (Å²) in [7, 11) is 1.48. The van der Waals surface area contributed by atoms with Gasteiger partial charge in [0, 0.05) is 4.47 Å². The Morgan fingerprint density at radius 3 is 2.40 bits per heavy atom. The fourth-order valence-corrected chi connectivity index (χ4v) is 3.26. The van der Waals surface area contributed by atoms with E-state index in [1.165, 1.54) is 7.11 Å². The van der Waals surface area contributed by atoms with Crippen molar-refractivity contribution in [2.75, 3.05) is 7.11 Å². The number of phenols is 1. The minimum atomic E-state index is -0.578. The summed E-state index contributed by atoms with van der Waals surface area (Å²) in [5.41, 5.74) is 6.88. The Bertz CT molecular complexity index is 483. The highest BCUT2D eigenvalue weighted by Gasteiger charge is 2.32. The van der Waals surface area contributed by atoms with Crippen molar-refractivity contribution in [3.05, 3.63) is 20.6 Å². The van der Waals surface area contributed by atoms with E-state index >= 15 is 0 Å². The number of phenolic OH excluding ortho intramolecular Hbond substituents is 1. The predicted molar refractivity (Wildman–Crippen MR) is 87.6 cm³/mol. The minimum absolute atomic E-state index is 0. The van der Waals surface area contributed by atoms with Gasteiger partial charge in [0.15, 0.2) is 11.5 Å². The van der Waals surface area contributed by atoms with Crippen molar-refractivity contribution in [3.63, 3.8) is 0 Å². The molecule has 1 fully saturated rings. The molecule has 0 unspecified atom stereocenters. The van der Waals surface area contributed by atoms with Crippen molar-refractivity contribution in [1.82, 2.24) is 0 Å². The molecule has 0 spiro atoms. The molecule has 2 rings (SSSR count). The molecule has 1 aromatic rings. The standard InChI is InChI=1S/C13H17Br2NO3.ClH/c1-19-8-5-7(9(14)10(15)13(8)18)11(16)12(17)6-3-2-4-6;/h5-6,11-12,17-18H,2-4,16H2,1H3;1H/t11-,12+;/m1./s1. The Morgan fingerprint density at radius 1 is 1.35 bits per heavy atom. The van der Waals surface area contributed by atoms with Crippen molar-refractivity contribution < 1.29 is 14.9 Å². The van der Waals surface area contributed by atoms with E-state index in [4.69, 9.17) is 10.5 Å².